The number of hydrogen-bond acceptors (Lipinski definition) is 2. The molecule has 0 radical (unpaired) electrons. The first-order valence-electron chi connectivity index (χ1n) is 9.00. The summed E-state index contributed by atoms with van der Waals surface area (Å²) in [5, 5.41) is 0. The molecule has 24 heavy (non-hydrogen) atoms. The number of hydrogen-bond donors (Lipinski definition) is 0. The second-order valence-electron chi connectivity index (χ2n) is 6.69. The molecular formula is C22H30O2. The van der Waals surface area contributed by atoms with Crippen molar-refractivity contribution in [3.8, 4) is 0 Å². The SMILES string of the molecule is CCC(C)CC(C)C(OCc1ccccc1)OCc1ccccc1. The van der Waals surface area contributed by atoms with Gasteiger partial charge in [-0.3, -0.25) is 0 Å². The van der Waals surface area contributed by atoms with Gasteiger partial charge in [0.1, 0.15) is 0 Å². The van der Waals surface area contributed by atoms with Crippen LogP contribution in [0.15, 0.2) is 60.7 Å². The van der Waals surface area contributed by atoms with Crippen molar-refractivity contribution in [2.45, 2.75) is 53.1 Å². The number of benzene rings is 2. The van der Waals surface area contributed by atoms with Gasteiger partial charge in [-0.05, 0) is 23.5 Å². The third-order valence-electron chi connectivity index (χ3n) is 4.45. The Morgan fingerprint density at radius 2 is 1.21 bits per heavy atom. The highest BCUT2D eigenvalue weighted by Gasteiger charge is 2.21. The summed E-state index contributed by atoms with van der Waals surface area (Å²) < 4.78 is 12.3. The molecule has 2 aromatic carbocycles. The predicted octanol–water partition coefficient (Wildman–Crippen LogP) is 5.82. The maximum absolute atomic E-state index is 6.13. The molecule has 2 heteroatoms. The van der Waals surface area contributed by atoms with Gasteiger partial charge < -0.3 is 9.47 Å². The fourth-order valence-corrected chi connectivity index (χ4v) is 2.79. The van der Waals surface area contributed by atoms with Crippen LogP contribution in [0.4, 0.5) is 0 Å². The van der Waals surface area contributed by atoms with Crippen LogP contribution in [0.5, 0.6) is 0 Å². The van der Waals surface area contributed by atoms with Crippen molar-refractivity contribution in [3.05, 3.63) is 71.8 Å². The molecule has 0 spiro atoms. The van der Waals surface area contributed by atoms with Gasteiger partial charge in [0.05, 0.1) is 13.2 Å². The summed E-state index contributed by atoms with van der Waals surface area (Å²) >= 11 is 0. The van der Waals surface area contributed by atoms with Gasteiger partial charge in [-0.15, -0.1) is 0 Å². The van der Waals surface area contributed by atoms with E-state index in [1.807, 2.05) is 36.4 Å². The lowest BCUT2D eigenvalue weighted by Crippen LogP contribution is -2.26. The lowest BCUT2D eigenvalue weighted by Gasteiger charge is -2.26. The van der Waals surface area contributed by atoms with Gasteiger partial charge in [0.25, 0.3) is 0 Å². The predicted molar refractivity (Wildman–Crippen MR) is 99.5 cm³/mol. The molecular weight excluding hydrogens is 296 g/mol. The van der Waals surface area contributed by atoms with Crippen LogP contribution in [0.1, 0.15) is 44.7 Å². The molecule has 0 bridgehead atoms. The highest BCUT2D eigenvalue weighted by atomic mass is 16.7. The largest absolute Gasteiger partial charge is 0.348 e. The van der Waals surface area contributed by atoms with Crippen LogP contribution in [0.3, 0.4) is 0 Å². The average Bonchev–Trinajstić information content (AvgIpc) is 2.63. The van der Waals surface area contributed by atoms with Gasteiger partial charge in [-0.25, -0.2) is 0 Å². The Morgan fingerprint density at radius 3 is 1.62 bits per heavy atom. The monoisotopic (exact) mass is 326 g/mol. The molecule has 0 heterocycles. The first-order valence-corrected chi connectivity index (χ1v) is 9.00. The molecule has 2 unspecified atom stereocenters. The maximum atomic E-state index is 6.13. The van der Waals surface area contributed by atoms with Gasteiger partial charge in [0.15, 0.2) is 6.29 Å². The molecule has 0 saturated heterocycles. The van der Waals surface area contributed by atoms with Crippen LogP contribution in [0.2, 0.25) is 0 Å². The van der Waals surface area contributed by atoms with Crippen molar-refractivity contribution in [1.82, 2.24) is 0 Å². The van der Waals surface area contributed by atoms with E-state index >= 15 is 0 Å². The Hall–Kier alpha value is -1.64. The Bertz CT molecular complexity index is 509. The lowest BCUT2D eigenvalue weighted by molar-refractivity contribution is -0.185. The maximum Gasteiger partial charge on any atom is 0.161 e. The van der Waals surface area contributed by atoms with E-state index in [1.165, 1.54) is 17.5 Å². The second kappa shape index (κ2) is 10.3. The Labute approximate surface area is 146 Å². The molecule has 0 aliphatic heterocycles. The second-order valence-corrected chi connectivity index (χ2v) is 6.69. The fraction of sp³-hybridized carbons (Fsp3) is 0.455. The number of rotatable bonds is 10. The van der Waals surface area contributed by atoms with E-state index in [2.05, 4.69) is 45.0 Å². The first-order chi connectivity index (χ1) is 11.7. The topological polar surface area (TPSA) is 18.5 Å². The molecule has 0 amide bonds. The van der Waals surface area contributed by atoms with Crippen molar-refractivity contribution < 1.29 is 9.47 Å². The van der Waals surface area contributed by atoms with Crippen molar-refractivity contribution in [1.29, 1.82) is 0 Å². The molecule has 0 aliphatic rings. The molecule has 2 atom stereocenters. The third kappa shape index (κ3) is 6.46. The van der Waals surface area contributed by atoms with Crippen LogP contribution in [0, 0.1) is 11.8 Å². The van der Waals surface area contributed by atoms with Gasteiger partial charge in [-0.2, -0.15) is 0 Å². The minimum atomic E-state index is -0.181. The molecule has 130 valence electrons. The lowest BCUT2D eigenvalue weighted by atomic mass is 9.95. The van der Waals surface area contributed by atoms with Gasteiger partial charge in [0, 0.05) is 5.92 Å². The summed E-state index contributed by atoms with van der Waals surface area (Å²) in [7, 11) is 0. The van der Waals surface area contributed by atoms with E-state index in [0.29, 0.717) is 25.0 Å². The van der Waals surface area contributed by atoms with E-state index in [-0.39, 0.29) is 6.29 Å². The normalized spacial score (nSPS) is 13.8. The molecule has 0 N–H and O–H groups in total. The van der Waals surface area contributed by atoms with E-state index in [1.54, 1.807) is 0 Å². The first kappa shape index (κ1) is 18.7. The molecule has 0 aromatic heterocycles. The zero-order valence-corrected chi connectivity index (χ0v) is 15.2. The van der Waals surface area contributed by atoms with E-state index in [4.69, 9.17) is 9.47 Å². The minimum absolute atomic E-state index is 0.181. The Morgan fingerprint density at radius 1 is 0.750 bits per heavy atom. The summed E-state index contributed by atoms with van der Waals surface area (Å²) in [5.74, 6) is 1.05. The smallest absolute Gasteiger partial charge is 0.161 e. The third-order valence-corrected chi connectivity index (χ3v) is 4.45. The Kier molecular flexibility index (Phi) is 8.00. The van der Waals surface area contributed by atoms with E-state index in [0.717, 1.165) is 6.42 Å². The highest BCUT2D eigenvalue weighted by molar-refractivity contribution is 5.14. The fourth-order valence-electron chi connectivity index (χ4n) is 2.79. The van der Waals surface area contributed by atoms with Crippen LogP contribution >= 0.6 is 0 Å². The molecule has 0 saturated carbocycles. The summed E-state index contributed by atoms with van der Waals surface area (Å²) in [5.41, 5.74) is 2.36. The van der Waals surface area contributed by atoms with Gasteiger partial charge in [-0.1, -0.05) is 87.9 Å². The molecule has 2 aromatic rings. The quantitative estimate of drug-likeness (QED) is 0.512. The molecule has 0 fully saturated rings. The summed E-state index contributed by atoms with van der Waals surface area (Å²) in [4.78, 5) is 0. The molecule has 2 nitrogen and oxygen atoms in total. The Balaban J connectivity index is 1.94. The van der Waals surface area contributed by atoms with Crippen LogP contribution in [-0.2, 0) is 22.7 Å². The van der Waals surface area contributed by atoms with E-state index < -0.39 is 0 Å². The molecule has 2 rings (SSSR count). The van der Waals surface area contributed by atoms with Crippen molar-refractivity contribution in [3.63, 3.8) is 0 Å². The standard InChI is InChI=1S/C22H30O2/c1-4-18(2)15-19(3)22(23-16-20-11-7-5-8-12-20)24-17-21-13-9-6-10-14-21/h5-14,18-19,22H,4,15-17H2,1-3H3. The summed E-state index contributed by atoms with van der Waals surface area (Å²) in [6, 6.07) is 20.6. The average molecular weight is 326 g/mol. The number of ether oxygens (including phenoxy) is 2. The van der Waals surface area contributed by atoms with Crippen molar-refractivity contribution in [2.24, 2.45) is 11.8 Å². The van der Waals surface area contributed by atoms with Gasteiger partial charge >= 0.3 is 0 Å². The van der Waals surface area contributed by atoms with Crippen molar-refractivity contribution in [2.75, 3.05) is 0 Å². The van der Waals surface area contributed by atoms with Gasteiger partial charge in [0.2, 0.25) is 0 Å². The van der Waals surface area contributed by atoms with Crippen LogP contribution < -0.4 is 0 Å². The van der Waals surface area contributed by atoms with Crippen LogP contribution in [0.25, 0.3) is 0 Å². The summed E-state index contributed by atoms with van der Waals surface area (Å²) in [6.07, 6.45) is 2.12. The van der Waals surface area contributed by atoms with Crippen LogP contribution in [-0.4, -0.2) is 6.29 Å². The summed E-state index contributed by atoms with van der Waals surface area (Å²) in [6.45, 7) is 7.94. The zero-order chi connectivity index (χ0) is 17.2. The zero-order valence-electron chi connectivity index (χ0n) is 15.2. The highest BCUT2D eigenvalue weighted by Crippen LogP contribution is 2.22. The van der Waals surface area contributed by atoms with Crippen molar-refractivity contribution >= 4 is 0 Å². The minimum Gasteiger partial charge on any atom is -0.348 e. The molecule has 0 aliphatic carbocycles. The van der Waals surface area contributed by atoms with E-state index in [9.17, 15) is 0 Å².